The monoisotopic (exact) mass is 569 g/mol. The van der Waals surface area contributed by atoms with E-state index in [1.54, 1.807) is 24.3 Å². The number of rotatable bonds is 16. The van der Waals surface area contributed by atoms with Gasteiger partial charge in [0.05, 0.1) is 18.3 Å². The van der Waals surface area contributed by atoms with Gasteiger partial charge in [0, 0.05) is 29.6 Å². The maximum absolute atomic E-state index is 14.3. The van der Waals surface area contributed by atoms with Crippen LogP contribution in [0.1, 0.15) is 35.3 Å². The first kappa shape index (κ1) is 30.4. The van der Waals surface area contributed by atoms with Gasteiger partial charge >= 0.3 is 5.97 Å². The summed E-state index contributed by atoms with van der Waals surface area (Å²) in [5.74, 6) is -3.41. The van der Waals surface area contributed by atoms with Crippen LogP contribution in [-0.2, 0) is 20.8 Å². The van der Waals surface area contributed by atoms with Crippen LogP contribution in [0.25, 0.3) is 11.1 Å². The van der Waals surface area contributed by atoms with Gasteiger partial charge in [0.1, 0.15) is 5.82 Å². The average molecular weight is 570 g/mol. The maximum atomic E-state index is 14.3. The molecule has 1 aromatic heterocycles. The van der Waals surface area contributed by atoms with Gasteiger partial charge < -0.3 is 25.8 Å². The summed E-state index contributed by atoms with van der Waals surface area (Å²) < 4.78 is 14.3. The van der Waals surface area contributed by atoms with Crippen LogP contribution in [0, 0.1) is 11.7 Å². The Labute approximate surface area is 235 Å². The largest absolute Gasteiger partial charge is 0.481 e. The summed E-state index contributed by atoms with van der Waals surface area (Å²) in [6, 6.07) is 10.6. The fraction of sp³-hybridized carbons (Fsp3) is 0.308. The van der Waals surface area contributed by atoms with Crippen molar-refractivity contribution in [2.45, 2.75) is 31.7 Å². The fourth-order valence-corrected chi connectivity index (χ4v) is 4.18. The molecule has 1 radical (unpaired) electrons. The van der Waals surface area contributed by atoms with Crippen molar-refractivity contribution in [2.75, 3.05) is 13.1 Å². The summed E-state index contributed by atoms with van der Waals surface area (Å²) in [5.41, 5.74) is 1.76. The molecule has 2 atom stereocenters. The predicted octanol–water partition coefficient (Wildman–Crippen LogP) is 1.99. The lowest BCUT2D eigenvalue weighted by Gasteiger charge is -2.23. The SMILES string of the molecule is O=C[B]NCCCC(=O)NC[C@H](C[C@@H](Cc1ccc(-c2cc(Cl)ccc2F)cc1)NC(=O)c1cn[nH]n1)C(=O)O. The number of nitrogens with one attached hydrogen (secondary N) is 4. The number of aliphatic carboxylic acids is 1. The minimum Gasteiger partial charge on any atom is -0.481 e. The second kappa shape index (κ2) is 15.5. The quantitative estimate of drug-likeness (QED) is 0.0992. The number of aromatic nitrogens is 3. The number of aromatic amines is 1. The summed E-state index contributed by atoms with van der Waals surface area (Å²) in [5, 5.41) is 28.1. The van der Waals surface area contributed by atoms with Crippen LogP contribution in [0.5, 0.6) is 0 Å². The fourth-order valence-electron chi connectivity index (χ4n) is 4.01. The summed E-state index contributed by atoms with van der Waals surface area (Å²) in [7, 11) is 1.23. The van der Waals surface area contributed by atoms with Gasteiger partial charge in [0.2, 0.25) is 5.91 Å². The number of hydrogen-bond donors (Lipinski definition) is 5. The number of benzene rings is 2. The summed E-state index contributed by atoms with van der Waals surface area (Å²) >= 11 is 6.01. The highest BCUT2D eigenvalue weighted by atomic mass is 35.5. The molecule has 0 aliphatic heterocycles. The average Bonchev–Trinajstić information content (AvgIpc) is 3.48. The van der Waals surface area contributed by atoms with E-state index in [9.17, 15) is 28.7 Å². The Balaban J connectivity index is 1.68. The van der Waals surface area contributed by atoms with Crippen molar-refractivity contribution in [2.24, 2.45) is 5.92 Å². The molecule has 11 nitrogen and oxygen atoms in total. The van der Waals surface area contributed by atoms with Crippen LogP contribution in [0.4, 0.5) is 4.39 Å². The van der Waals surface area contributed by atoms with E-state index in [0.29, 0.717) is 35.3 Å². The molecule has 40 heavy (non-hydrogen) atoms. The molecule has 0 spiro atoms. The Morgan fingerprint density at radius 3 is 2.62 bits per heavy atom. The van der Waals surface area contributed by atoms with Gasteiger partial charge in [-0.05, 0) is 55.1 Å². The molecule has 0 aliphatic carbocycles. The Hall–Kier alpha value is -4.10. The molecule has 2 amide bonds. The van der Waals surface area contributed by atoms with E-state index < -0.39 is 29.7 Å². The Bertz CT molecular complexity index is 1300. The van der Waals surface area contributed by atoms with E-state index in [4.69, 9.17) is 11.6 Å². The predicted molar refractivity (Wildman–Crippen MR) is 147 cm³/mol. The van der Waals surface area contributed by atoms with E-state index in [-0.39, 0.29) is 37.4 Å². The normalized spacial score (nSPS) is 12.2. The molecule has 1 heterocycles. The lowest BCUT2D eigenvalue weighted by Crippen LogP contribution is -2.42. The van der Waals surface area contributed by atoms with Crippen molar-refractivity contribution in [1.29, 1.82) is 0 Å². The van der Waals surface area contributed by atoms with Gasteiger partial charge in [-0.2, -0.15) is 15.4 Å². The Morgan fingerprint density at radius 1 is 1.18 bits per heavy atom. The highest BCUT2D eigenvalue weighted by molar-refractivity contribution is 6.64. The molecular weight excluding hydrogens is 542 g/mol. The number of nitrogens with zero attached hydrogens (tertiary/aromatic N) is 2. The van der Waals surface area contributed by atoms with Crippen molar-refractivity contribution < 1.29 is 28.7 Å². The first-order chi connectivity index (χ1) is 19.3. The lowest BCUT2D eigenvalue weighted by atomic mass is 9.93. The van der Waals surface area contributed by atoms with Crippen LogP contribution in [-0.4, -0.2) is 71.0 Å². The summed E-state index contributed by atoms with van der Waals surface area (Å²) in [6.07, 6.45) is 2.73. The molecule has 0 unspecified atom stereocenters. The van der Waals surface area contributed by atoms with E-state index in [1.165, 1.54) is 31.8 Å². The second-order valence-electron chi connectivity index (χ2n) is 8.99. The van der Waals surface area contributed by atoms with E-state index >= 15 is 0 Å². The van der Waals surface area contributed by atoms with E-state index in [0.717, 1.165) is 5.56 Å². The van der Waals surface area contributed by atoms with Crippen molar-refractivity contribution in [3.8, 4) is 11.1 Å². The first-order valence-corrected chi connectivity index (χ1v) is 12.9. The van der Waals surface area contributed by atoms with Crippen LogP contribution >= 0.6 is 11.6 Å². The van der Waals surface area contributed by atoms with Gasteiger partial charge in [-0.15, -0.1) is 0 Å². The third-order valence-corrected chi connectivity index (χ3v) is 6.27. The van der Waals surface area contributed by atoms with Gasteiger partial charge in [-0.25, -0.2) is 4.39 Å². The van der Waals surface area contributed by atoms with Crippen molar-refractivity contribution in [3.63, 3.8) is 0 Å². The Kier molecular flexibility index (Phi) is 11.8. The molecule has 0 fully saturated rings. The number of H-pyrrole nitrogens is 1. The van der Waals surface area contributed by atoms with Gasteiger partial charge in [-0.1, -0.05) is 35.9 Å². The molecule has 0 saturated carbocycles. The number of carboxylic acids is 1. The van der Waals surface area contributed by atoms with E-state index in [2.05, 4.69) is 31.3 Å². The maximum Gasteiger partial charge on any atom is 0.308 e. The van der Waals surface area contributed by atoms with Crippen LogP contribution in [0.2, 0.25) is 5.02 Å². The molecule has 0 aliphatic rings. The first-order valence-electron chi connectivity index (χ1n) is 12.5. The number of amides is 2. The topological polar surface area (TPSA) is 166 Å². The number of carboxylic acid groups (broad SMARTS) is 1. The van der Waals surface area contributed by atoms with Crippen molar-refractivity contribution in [1.82, 2.24) is 31.3 Å². The van der Waals surface area contributed by atoms with Gasteiger partial charge in [0.25, 0.3) is 13.3 Å². The number of hydrogen-bond acceptors (Lipinski definition) is 7. The molecular formula is C26H28BClFN6O5. The summed E-state index contributed by atoms with van der Waals surface area (Å²) in [4.78, 5) is 47.2. The number of carbonyl (C=O) groups excluding carboxylic acids is 3. The third-order valence-electron chi connectivity index (χ3n) is 6.03. The van der Waals surface area contributed by atoms with Crippen LogP contribution < -0.4 is 15.9 Å². The standard InChI is InChI=1S/C26H28BClFN6O5/c28-19-7-8-22(29)21(12-19)17-5-3-16(4-6-17)10-20(33-25(38)23-14-32-35-34-23)11-18(26(39)40)13-30-24(37)2-1-9-31-27-15-36/h3-8,12,14-15,18,20,31H,1-2,9-11,13H2,(H,30,37)(H,33,38)(H,39,40)(H,32,34,35)/t18-,20+/m0/s1. The van der Waals surface area contributed by atoms with Crippen LogP contribution in [0.3, 0.4) is 0 Å². The van der Waals surface area contributed by atoms with Gasteiger partial charge in [0.15, 0.2) is 5.69 Å². The van der Waals surface area contributed by atoms with Crippen molar-refractivity contribution >= 4 is 43.0 Å². The van der Waals surface area contributed by atoms with Gasteiger partial charge in [-0.3, -0.25) is 14.4 Å². The minimum absolute atomic E-state index is 0.0136. The zero-order valence-electron chi connectivity index (χ0n) is 21.4. The molecule has 14 heteroatoms. The zero-order valence-corrected chi connectivity index (χ0v) is 22.2. The Morgan fingerprint density at radius 2 is 1.95 bits per heavy atom. The highest BCUT2D eigenvalue weighted by Gasteiger charge is 2.26. The van der Waals surface area contributed by atoms with E-state index in [1.807, 2.05) is 0 Å². The molecule has 3 aromatic rings. The van der Waals surface area contributed by atoms with Crippen molar-refractivity contribution in [3.05, 3.63) is 70.8 Å². The molecule has 209 valence electrons. The lowest BCUT2D eigenvalue weighted by molar-refractivity contribution is -0.142. The zero-order chi connectivity index (χ0) is 28.9. The minimum atomic E-state index is -1.13. The molecule has 0 saturated heterocycles. The second-order valence-corrected chi connectivity index (χ2v) is 9.42. The molecule has 2 aromatic carbocycles. The third kappa shape index (κ3) is 9.58. The highest BCUT2D eigenvalue weighted by Crippen LogP contribution is 2.26. The number of halogens is 2. The van der Waals surface area contributed by atoms with Crippen LogP contribution in [0.15, 0.2) is 48.7 Å². The summed E-state index contributed by atoms with van der Waals surface area (Å²) in [6.45, 7) is 0.290. The molecule has 5 N–H and O–H groups in total. The number of carbonyl (C=O) groups is 4. The smallest absolute Gasteiger partial charge is 0.308 e. The molecule has 3 rings (SSSR count). The molecule has 0 bridgehead atoms.